The fourth-order valence-electron chi connectivity index (χ4n) is 3.00. The molecule has 0 bridgehead atoms. The van der Waals surface area contributed by atoms with Gasteiger partial charge in [-0.05, 0) is 72.6 Å². The predicted octanol–water partition coefficient (Wildman–Crippen LogP) is 9.74. The summed E-state index contributed by atoms with van der Waals surface area (Å²) in [7, 11) is 0. The molecule has 0 heterocycles. The zero-order valence-electron chi connectivity index (χ0n) is 17.6. The van der Waals surface area contributed by atoms with Gasteiger partial charge >= 0.3 is 0 Å². The lowest BCUT2D eigenvalue weighted by molar-refractivity contribution is 0.832. The largest absolute Gasteiger partial charge is 0.0843 e. The van der Waals surface area contributed by atoms with Gasteiger partial charge in [0, 0.05) is 10.0 Å². The first-order valence-corrected chi connectivity index (χ1v) is 10.3. The minimum Gasteiger partial charge on any atom is -0.0843 e. The van der Waals surface area contributed by atoms with Gasteiger partial charge < -0.3 is 0 Å². The normalized spacial score (nSPS) is 11.8. The Morgan fingerprint density at radius 2 is 1.29 bits per heavy atom. The third-order valence-electron chi connectivity index (χ3n) is 4.09. The van der Waals surface area contributed by atoms with Crippen molar-refractivity contribution < 1.29 is 0 Å². The topological polar surface area (TPSA) is 0 Å². The van der Waals surface area contributed by atoms with Crippen molar-refractivity contribution in [1.82, 2.24) is 0 Å². The van der Waals surface area contributed by atoms with E-state index >= 15 is 0 Å². The molecule has 0 fully saturated rings. The van der Waals surface area contributed by atoms with E-state index in [9.17, 15) is 0 Å². The van der Waals surface area contributed by atoms with E-state index < -0.39 is 0 Å². The van der Waals surface area contributed by atoms with Crippen LogP contribution in [0.2, 0.25) is 10.0 Å². The van der Waals surface area contributed by atoms with Crippen LogP contribution in [-0.2, 0) is 0 Å². The zero-order valence-corrected chi connectivity index (χ0v) is 19.1. The quantitative estimate of drug-likeness (QED) is 0.463. The molecule has 0 aliphatic rings. The van der Waals surface area contributed by atoms with Crippen molar-refractivity contribution in [2.24, 2.45) is 11.8 Å². The Kier molecular flexibility index (Phi) is 12.2. The number of aryl methyl sites for hydroxylation is 1. The van der Waals surface area contributed by atoms with E-state index in [4.69, 9.17) is 23.2 Å². The van der Waals surface area contributed by atoms with Gasteiger partial charge in [-0.25, -0.2) is 0 Å². The molecule has 2 heteroatoms. The van der Waals surface area contributed by atoms with E-state index in [0.717, 1.165) is 5.56 Å². The minimum absolute atomic E-state index is 0. The summed E-state index contributed by atoms with van der Waals surface area (Å²) in [5, 5.41) is 1.39. The van der Waals surface area contributed by atoms with Crippen LogP contribution >= 0.6 is 23.2 Å². The molecule has 0 atom stereocenters. The molecule has 0 saturated carbocycles. The Hall–Kier alpha value is -1.50. The van der Waals surface area contributed by atoms with Crippen LogP contribution in [0, 0.1) is 18.8 Å². The maximum Gasteiger partial charge on any atom is 0.0495 e. The molecule has 0 aromatic heterocycles. The first-order valence-electron chi connectivity index (χ1n) is 9.50. The smallest absolute Gasteiger partial charge is 0.0495 e. The van der Waals surface area contributed by atoms with Crippen molar-refractivity contribution in [3.05, 3.63) is 81.4 Å². The van der Waals surface area contributed by atoms with Gasteiger partial charge in [0.2, 0.25) is 0 Å². The average Bonchev–Trinajstić information content (AvgIpc) is 2.54. The molecule has 0 nitrogen and oxygen atoms in total. The molecule has 154 valence electrons. The molecule has 2 aromatic carbocycles. The van der Waals surface area contributed by atoms with Gasteiger partial charge in [-0.3, -0.25) is 0 Å². The minimum atomic E-state index is 0. The van der Waals surface area contributed by atoms with Crippen LogP contribution in [0.1, 0.15) is 65.7 Å². The number of allylic oxidation sites excluding steroid dienone is 4. The van der Waals surface area contributed by atoms with E-state index in [1.807, 2.05) is 12.1 Å². The molecule has 0 aliphatic heterocycles. The lowest BCUT2D eigenvalue weighted by atomic mass is 9.99. The predicted molar refractivity (Wildman–Crippen MR) is 131 cm³/mol. The number of halogens is 2. The maximum atomic E-state index is 6.08. The molecule has 0 unspecified atom stereocenters. The molecule has 0 aliphatic carbocycles. The van der Waals surface area contributed by atoms with E-state index in [2.05, 4.69) is 84.9 Å². The molecular formula is C26H36Cl2. The summed E-state index contributed by atoms with van der Waals surface area (Å²) in [5.41, 5.74) is 6.37. The van der Waals surface area contributed by atoms with Crippen molar-refractivity contribution in [1.29, 1.82) is 0 Å². The lowest BCUT2D eigenvalue weighted by Gasteiger charge is -2.06. The molecule has 28 heavy (non-hydrogen) atoms. The van der Waals surface area contributed by atoms with Crippen molar-refractivity contribution in [3.8, 4) is 0 Å². The Bertz CT molecular complexity index is 796. The molecular weight excluding hydrogens is 383 g/mol. The number of hydrogen-bond acceptors (Lipinski definition) is 0. The maximum absolute atomic E-state index is 6.08. The zero-order chi connectivity index (χ0) is 20.6. The van der Waals surface area contributed by atoms with Gasteiger partial charge in [0.15, 0.2) is 0 Å². The van der Waals surface area contributed by atoms with E-state index in [1.165, 1.54) is 22.3 Å². The van der Waals surface area contributed by atoms with Gasteiger partial charge in [0.1, 0.15) is 0 Å². The number of hydrogen-bond donors (Lipinski definition) is 0. The second-order valence-electron chi connectivity index (χ2n) is 7.63. The average molecular weight is 419 g/mol. The van der Waals surface area contributed by atoms with Crippen LogP contribution < -0.4 is 0 Å². The van der Waals surface area contributed by atoms with Crippen molar-refractivity contribution in [2.45, 2.75) is 55.9 Å². The number of rotatable bonds is 4. The number of benzene rings is 2. The van der Waals surface area contributed by atoms with Crippen molar-refractivity contribution in [2.75, 3.05) is 0 Å². The first-order chi connectivity index (χ1) is 12.6. The molecule has 0 spiro atoms. The second kappa shape index (κ2) is 12.9. The molecule has 2 aromatic rings. The van der Waals surface area contributed by atoms with Crippen molar-refractivity contribution >= 4 is 34.3 Å². The molecule has 0 radical (unpaired) electrons. The summed E-state index contributed by atoms with van der Waals surface area (Å²) in [6.45, 7) is 15.1. The third kappa shape index (κ3) is 9.13. The Morgan fingerprint density at radius 3 is 1.75 bits per heavy atom. The van der Waals surface area contributed by atoms with Crippen LogP contribution in [0.5, 0.6) is 0 Å². The summed E-state index contributed by atoms with van der Waals surface area (Å²) in [6, 6.07) is 14.1. The standard InChI is InChI=1S/C13H18.C12H14Cl2.CH4/c1-10(2)9-12(4)13-8-6-5-7-11(13)3;1-8(2)6-9(3)11-5-4-10(13)7-12(11)14;/h5-10H,1-4H3;4-8H,1-3H3;1H4/b12-9+;9-6+;. The molecule has 2 rings (SSSR count). The Labute approximate surface area is 183 Å². The third-order valence-corrected chi connectivity index (χ3v) is 4.64. The SMILES string of the molecule is C.C/C(=C\C(C)C)c1ccc(Cl)cc1Cl.C/C(=C\C(C)C)c1ccccc1C. The van der Waals surface area contributed by atoms with Crippen LogP contribution in [0.15, 0.2) is 54.6 Å². The van der Waals surface area contributed by atoms with Gasteiger partial charge in [-0.15, -0.1) is 0 Å². The first kappa shape index (κ1) is 26.5. The summed E-state index contributed by atoms with van der Waals surface area (Å²) in [4.78, 5) is 0. The molecule has 0 amide bonds. The second-order valence-corrected chi connectivity index (χ2v) is 8.47. The van der Waals surface area contributed by atoms with E-state index in [-0.39, 0.29) is 7.43 Å². The summed E-state index contributed by atoms with van der Waals surface area (Å²) in [6.07, 6.45) is 4.50. The molecule has 0 saturated heterocycles. The highest BCUT2D eigenvalue weighted by atomic mass is 35.5. The monoisotopic (exact) mass is 418 g/mol. The summed E-state index contributed by atoms with van der Waals surface area (Å²) < 4.78 is 0. The highest BCUT2D eigenvalue weighted by Gasteiger charge is 2.03. The fourth-order valence-corrected chi connectivity index (χ4v) is 3.56. The van der Waals surface area contributed by atoms with E-state index in [0.29, 0.717) is 21.9 Å². The summed E-state index contributed by atoms with van der Waals surface area (Å²) >= 11 is 11.9. The van der Waals surface area contributed by atoms with Crippen LogP contribution in [-0.4, -0.2) is 0 Å². The van der Waals surface area contributed by atoms with Gasteiger partial charge in [0.05, 0.1) is 0 Å². The Balaban J connectivity index is 0.000000504. The summed E-state index contributed by atoms with van der Waals surface area (Å²) in [5.74, 6) is 1.15. The highest BCUT2D eigenvalue weighted by molar-refractivity contribution is 6.35. The van der Waals surface area contributed by atoms with Crippen LogP contribution in [0.25, 0.3) is 11.1 Å². The Morgan fingerprint density at radius 1 is 0.786 bits per heavy atom. The highest BCUT2D eigenvalue weighted by Crippen LogP contribution is 2.27. The molecule has 0 N–H and O–H groups in total. The van der Waals surface area contributed by atoms with Gasteiger partial charge in [-0.2, -0.15) is 0 Å². The van der Waals surface area contributed by atoms with Crippen LogP contribution in [0.4, 0.5) is 0 Å². The van der Waals surface area contributed by atoms with Crippen molar-refractivity contribution in [3.63, 3.8) is 0 Å². The fraction of sp³-hybridized carbons (Fsp3) is 0.385. The van der Waals surface area contributed by atoms with Gasteiger partial charge in [0.25, 0.3) is 0 Å². The van der Waals surface area contributed by atoms with Crippen LogP contribution in [0.3, 0.4) is 0 Å². The van der Waals surface area contributed by atoms with E-state index in [1.54, 1.807) is 6.07 Å². The van der Waals surface area contributed by atoms with Gasteiger partial charge in [-0.1, -0.05) is 101 Å². The lowest BCUT2D eigenvalue weighted by Crippen LogP contribution is -1.87.